The van der Waals surface area contributed by atoms with Gasteiger partial charge in [0, 0.05) is 30.3 Å². The van der Waals surface area contributed by atoms with E-state index in [1.165, 1.54) is 10.9 Å². The number of para-hydroxylation sites is 1. The van der Waals surface area contributed by atoms with E-state index in [1.54, 1.807) is 11.8 Å². The van der Waals surface area contributed by atoms with Crippen LogP contribution in [0, 0.1) is 0 Å². The van der Waals surface area contributed by atoms with Crippen LogP contribution < -0.4 is 5.32 Å². The fourth-order valence-corrected chi connectivity index (χ4v) is 2.89. The lowest BCUT2D eigenvalue weighted by molar-refractivity contribution is 0.296. The first-order valence-electron chi connectivity index (χ1n) is 7.06. The highest BCUT2D eigenvalue weighted by molar-refractivity contribution is 7.99. The molecule has 1 aromatic heterocycles. The van der Waals surface area contributed by atoms with E-state index < -0.39 is 0 Å². The van der Waals surface area contributed by atoms with Crippen LogP contribution in [0.25, 0.3) is 10.9 Å². The Bertz CT molecular complexity index is 557. The standard InChI is InChI=1S/C16H22N2OS/c1-12(2)17-11-14-10-13-6-3-4-7-15(13)18-16(14)20-9-5-8-19/h3-4,6-7,10,12,17,19H,5,8-9,11H2,1-2H3. The Morgan fingerprint density at radius 3 is 2.85 bits per heavy atom. The summed E-state index contributed by atoms with van der Waals surface area (Å²) in [5, 5.41) is 14.6. The number of hydrogen-bond donors (Lipinski definition) is 2. The highest BCUT2D eigenvalue weighted by Gasteiger charge is 2.08. The van der Waals surface area contributed by atoms with Crippen molar-refractivity contribution in [3.05, 3.63) is 35.9 Å². The van der Waals surface area contributed by atoms with Crippen LogP contribution in [0.2, 0.25) is 0 Å². The number of fused-ring (bicyclic) bond motifs is 1. The molecule has 1 aromatic carbocycles. The Labute approximate surface area is 124 Å². The number of aliphatic hydroxyl groups excluding tert-OH is 1. The van der Waals surface area contributed by atoms with Gasteiger partial charge in [0.1, 0.15) is 5.03 Å². The Morgan fingerprint density at radius 2 is 2.10 bits per heavy atom. The maximum atomic E-state index is 8.92. The van der Waals surface area contributed by atoms with Gasteiger partial charge in [-0.3, -0.25) is 0 Å². The molecule has 0 unspecified atom stereocenters. The number of pyridine rings is 1. The average Bonchev–Trinajstić information content (AvgIpc) is 2.45. The molecule has 0 saturated carbocycles. The Morgan fingerprint density at radius 1 is 1.30 bits per heavy atom. The molecule has 0 radical (unpaired) electrons. The molecule has 0 spiro atoms. The Kier molecular flexibility index (Phi) is 5.83. The van der Waals surface area contributed by atoms with Crippen LogP contribution in [0.1, 0.15) is 25.8 Å². The van der Waals surface area contributed by atoms with Crippen LogP contribution in [0.15, 0.2) is 35.4 Å². The zero-order valence-corrected chi connectivity index (χ0v) is 12.9. The molecule has 0 bridgehead atoms. The van der Waals surface area contributed by atoms with Crippen molar-refractivity contribution in [1.29, 1.82) is 0 Å². The smallest absolute Gasteiger partial charge is 0.101 e. The van der Waals surface area contributed by atoms with Gasteiger partial charge in [0.2, 0.25) is 0 Å². The van der Waals surface area contributed by atoms with E-state index in [1.807, 2.05) is 18.2 Å². The van der Waals surface area contributed by atoms with Crippen LogP contribution >= 0.6 is 11.8 Å². The molecule has 0 fully saturated rings. The van der Waals surface area contributed by atoms with Crippen molar-refractivity contribution in [3.63, 3.8) is 0 Å². The number of thioether (sulfide) groups is 1. The number of hydrogen-bond acceptors (Lipinski definition) is 4. The summed E-state index contributed by atoms with van der Waals surface area (Å²) >= 11 is 1.73. The Hall–Kier alpha value is -1.10. The first kappa shape index (κ1) is 15.3. The van der Waals surface area contributed by atoms with E-state index in [-0.39, 0.29) is 6.61 Å². The molecule has 108 valence electrons. The third-order valence-electron chi connectivity index (χ3n) is 3.01. The summed E-state index contributed by atoms with van der Waals surface area (Å²) in [7, 11) is 0. The molecule has 4 heteroatoms. The van der Waals surface area contributed by atoms with Gasteiger partial charge in [-0.15, -0.1) is 11.8 Å². The second kappa shape index (κ2) is 7.62. The van der Waals surface area contributed by atoms with Gasteiger partial charge in [-0.1, -0.05) is 32.0 Å². The maximum absolute atomic E-state index is 8.92. The van der Waals surface area contributed by atoms with Gasteiger partial charge in [0.15, 0.2) is 0 Å². The summed E-state index contributed by atoms with van der Waals surface area (Å²) in [5.41, 5.74) is 2.27. The fourth-order valence-electron chi connectivity index (χ4n) is 1.94. The second-order valence-corrected chi connectivity index (χ2v) is 6.19. The molecule has 1 heterocycles. The van der Waals surface area contributed by atoms with E-state index in [0.717, 1.165) is 29.3 Å². The van der Waals surface area contributed by atoms with Crippen molar-refractivity contribution in [1.82, 2.24) is 10.3 Å². The number of nitrogens with one attached hydrogen (secondary N) is 1. The van der Waals surface area contributed by atoms with Crippen molar-refractivity contribution in [3.8, 4) is 0 Å². The van der Waals surface area contributed by atoms with Gasteiger partial charge in [-0.2, -0.15) is 0 Å². The molecule has 0 aliphatic rings. The molecule has 3 nitrogen and oxygen atoms in total. The number of benzene rings is 1. The molecular weight excluding hydrogens is 268 g/mol. The molecule has 2 N–H and O–H groups in total. The predicted molar refractivity (Wildman–Crippen MR) is 86.1 cm³/mol. The van der Waals surface area contributed by atoms with Crippen LogP contribution in [0.3, 0.4) is 0 Å². The minimum Gasteiger partial charge on any atom is -0.396 e. The monoisotopic (exact) mass is 290 g/mol. The summed E-state index contributed by atoms with van der Waals surface area (Å²) in [6.45, 7) is 5.36. The minimum atomic E-state index is 0.236. The van der Waals surface area contributed by atoms with Crippen molar-refractivity contribution in [2.75, 3.05) is 12.4 Å². The van der Waals surface area contributed by atoms with E-state index in [0.29, 0.717) is 6.04 Å². The molecule has 0 aliphatic carbocycles. The first-order valence-corrected chi connectivity index (χ1v) is 8.05. The zero-order chi connectivity index (χ0) is 14.4. The van der Waals surface area contributed by atoms with E-state index in [9.17, 15) is 0 Å². The summed E-state index contributed by atoms with van der Waals surface area (Å²) in [4.78, 5) is 4.77. The van der Waals surface area contributed by atoms with Crippen LogP contribution in [-0.4, -0.2) is 28.5 Å². The molecule has 0 saturated heterocycles. The number of rotatable bonds is 7. The molecule has 0 atom stereocenters. The van der Waals surface area contributed by atoms with Gasteiger partial charge < -0.3 is 10.4 Å². The summed E-state index contributed by atoms with van der Waals surface area (Å²) < 4.78 is 0. The maximum Gasteiger partial charge on any atom is 0.101 e. The van der Waals surface area contributed by atoms with Crippen molar-refractivity contribution in [2.24, 2.45) is 0 Å². The minimum absolute atomic E-state index is 0.236. The lowest BCUT2D eigenvalue weighted by atomic mass is 10.1. The largest absolute Gasteiger partial charge is 0.396 e. The zero-order valence-electron chi connectivity index (χ0n) is 12.1. The Balaban J connectivity index is 2.26. The van der Waals surface area contributed by atoms with Gasteiger partial charge >= 0.3 is 0 Å². The summed E-state index contributed by atoms with van der Waals surface area (Å²) in [5.74, 6) is 0.899. The van der Waals surface area contributed by atoms with Crippen LogP contribution in [0.5, 0.6) is 0 Å². The first-order chi connectivity index (χ1) is 9.70. The molecule has 2 rings (SSSR count). The normalized spacial score (nSPS) is 11.4. The summed E-state index contributed by atoms with van der Waals surface area (Å²) in [6.07, 6.45) is 0.802. The van der Waals surface area contributed by atoms with Crippen LogP contribution in [0.4, 0.5) is 0 Å². The predicted octanol–water partition coefficient (Wildman–Crippen LogP) is 3.21. The molecule has 2 aromatic rings. The van der Waals surface area contributed by atoms with E-state index in [2.05, 4.69) is 31.3 Å². The summed E-state index contributed by atoms with van der Waals surface area (Å²) in [6, 6.07) is 10.9. The highest BCUT2D eigenvalue weighted by Crippen LogP contribution is 2.25. The van der Waals surface area contributed by atoms with Crippen molar-refractivity contribution >= 4 is 22.7 Å². The van der Waals surface area contributed by atoms with Crippen molar-refractivity contribution in [2.45, 2.75) is 37.9 Å². The average molecular weight is 290 g/mol. The lowest BCUT2D eigenvalue weighted by Gasteiger charge is -2.13. The number of aliphatic hydroxyl groups is 1. The van der Waals surface area contributed by atoms with Gasteiger partial charge in [0.05, 0.1) is 5.52 Å². The second-order valence-electron chi connectivity index (χ2n) is 5.11. The topological polar surface area (TPSA) is 45.2 Å². The van der Waals surface area contributed by atoms with Crippen LogP contribution in [-0.2, 0) is 6.54 Å². The number of nitrogens with zero attached hydrogens (tertiary/aromatic N) is 1. The third-order valence-corrected chi connectivity index (χ3v) is 4.12. The lowest BCUT2D eigenvalue weighted by Crippen LogP contribution is -2.22. The van der Waals surface area contributed by atoms with Gasteiger partial charge in [-0.25, -0.2) is 4.98 Å². The third kappa shape index (κ3) is 4.20. The number of aromatic nitrogens is 1. The quantitative estimate of drug-likeness (QED) is 0.607. The van der Waals surface area contributed by atoms with Gasteiger partial charge in [-0.05, 0) is 24.1 Å². The molecule has 0 amide bonds. The molecular formula is C16H22N2OS. The van der Waals surface area contributed by atoms with E-state index >= 15 is 0 Å². The molecule has 0 aliphatic heterocycles. The SMILES string of the molecule is CC(C)NCc1cc2ccccc2nc1SCCCO. The van der Waals surface area contributed by atoms with Gasteiger partial charge in [0.25, 0.3) is 0 Å². The highest BCUT2D eigenvalue weighted by atomic mass is 32.2. The van der Waals surface area contributed by atoms with Crippen molar-refractivity contribution < 1.29 is 5.11 Å². The fraction of sp³-hybridized carbons (Fsp3) is 0.438. The molecule has 20 heavy (non-hydrogen) atoms. The van der Waals surface area contributed by atoms with E-state index in [4.69, 9.17) is 10.1 Å².